The number of aromatic nitrogens is 4. The zero-order valence-electron chi connectivity index (χ0n) is 20.8. The number of rotatable bonds is 5. The van der Waals surface area contributed by atoms with Gasteiger partial charge < -0.3 is 8.98 Å². The Kier molecular flexibility index (Phi) is 5.84. The molecule has 36 heavy (non-hydrogen) atoms. The maximum absolute atomic E-state index is 12.2. The summed E-state index contributed by atoms with van der Waals surface area (Å²) in [6.07, 6.45) is 4.95. The SMILES string of the molecule is Cc1cn(-c2ccc(-c3cccc(S(C)(=O)=O)c3)cc2-c2nc(C)oc2-c2cccnc2C)c(C)n1. The molecule has 0 atom stereocenters. The number of benzene rings is 2. The van der Waals surface area contributed by atoms with E-state index < -0.39 is 9.84 Å². The summed E-state index contributed by atoms with van der Waals surface area (Å²) in [4.78, 5) is 14.1. The number of hydrogen-bond donors (Lipinski definition) is 0. The van der Waals surface area contributed by atoms with Crippen LogP contribution in [-0.4, -0.2) is 34.2 Å². The Balaban J connectivity index is 1.79. The molecular formula is C28H26N4O3S. The summed E-state index contributed by atoms with van der Waals surface area (Å²) in [7, 11) is -3.34. The predicted molar refractivity (Wildman–Crippen MR) is 140 cm³/mol. The van der Waals surface area contributed by atoms with E-state index in [2.05, 4.69) is 9.97 Å². The van der Waals surface area contributed by atoms with Crippen molar-refractivity contribution in [3.63, 3.8) is 0 Å². The second-order valence-corrected chi connectivity index (χ2v) is 10.9. The molecule has 0 bridgehead atoms. The van der Waals surface area contributed by atoms with Crippen LogP contribution in [0, 0.1) is 27.7 Å². The van der Waals surface area contributed by atoms with Crippen molar-refractivity contribution in [1.29, 1.82) is 0 Å². The molecule has 7 nitrogen and oxygen atoms in total. The Morgan fingerprint density at radius 2 is 1.64 bits per heavy atom. The maximum Gasteiger partial charge on any atom is 0.192 e. The first kappa shape index (κ1) is 23.7. The molecule has 3 aromatic heterocycles. The summed E-state index contributed by atoms with van der Waals surface area (Å²) >= 11 is 0. The number of hydrogen-bond acceptors (Lipinski definition) is 6. The highest BCUT2D eigenvalue weighted by Gasteiger charge is 2.22. The van der Waals surface area contributed by atoms with Crippen molar-refractivity contribution in [3.8, 4) is 39.4 Å². The van der Waals surface area contributed by atoms with Gasteiger partial charge in [-0.05, 0) is 68.3 Å². The fourth-order valence-electron chi connectivity index (χ4n) is 4.40. The van der Waals surface area contributed by atoms with Crippen molar-refractivity contribution in [2.45, 2.75) is 32.6 Å². The summed E-state index contributed by atoms with van der Waals surface area (Å²) in [5.41, 5.74) is 6.69. The van der Waals surface area contributed by atoms with Crippen LogP contribution in [0.5, 0.6) is 0 Å². The van der Waals surface area contributed by atoms with E-state index in [0.717, 1.165) is 45.2 Å². The molecule has 0 N–H and O–H groups in total. The lowest BCUT2D eigenvalue weighted by Gasteiger charge is -2.14. The van der Waals surface area contributed by atoms with Gasteiger partial charge in [-0.25, -0.2) is 18.4 Å². The van der Waals surface area contributed by atoms with Gasteiger partial charge in [-0.3, -0.25) is 4.98 Å². The number of imidazole rings is 1. The highest BCUT2D eigenvalue weighted by Crippen LogP contribution is 2.39. The standard InChI is InChI=1S/C28H26N4O3S/c1-17-16-32(19(3)30-17)26-12-11-22(21-8-6-9-23(14-21)36(5,33)34)15-25(26)27-28(35-20(4)31-27)24-10-7-13-29-18(24)2/h6-16H,1-5H3. The Hall–Kier alpha value is -4.04. The predicted octanol–water partition coefficient (Wildman–Crippen LogP) is 5.89. The van der Waals surface area contributed by atoms with Gasteiger partial charge in [0.15, 0.2) is 21.5 Å². The summed E-state index contributed by atoms with van der Waals surface area (Å²) in [5.74, 6) is 2.02. The van der Waals surface area contributed by atoms with Gasteiger partial charge >= 0.3 is 0 Å². The van der Waals surface area contributed by atoms with E-state index in [1.165, 1.54) is 6.26 Å². The smallest absolute Gasteiger partial charge is 0.192 e. The number of sulfone groups is 1. The van der Waals surface area contributed by atoms with E-state index in [4.69, 9.17) is 9.40 Å². The lowest BCUT2D eigenvalue weighted by molar-refractivity contribution is 0.534. The largest absolute Gasteiger partial charge is 0.440 e. The number of oxazole rings is 1. The van der Waals surface area contributed by atoms with Crippen LogP contribution < -0.4 is 0 Å². The van der Waals surface area contributed by atoms with Crippen molar-refractivity contribution >= 4 is 9.84 Å². The topological polar surface area (TPSA) is 90.9 Å². The quantitative estimate of drug-likeness (QED) is 0.300. The van der Waals surface area contributed by atoms with Gasteiger partial charge in [-0.1, -0.05) is 18.2 Å². The molecule has 2 aromatic carbocycles. The van der Waals surface area contributed by atoms with E-state index in [-0.39, 0.29) is 4.90 Å². The molecule has 5 rings (SSSR count). The average Bonchev–Trinajstić information content (AvgIpc) is 3.39. The Bertz CT molecular complexity index is 1710. The minimum atomic E-state index is -3.34. The van der Waals surface area contributed by atoms with Gasteiger partial charge in [0, 0.05) is 42.4 Å². The summed E-state index contributed by atoms with van der Waals surface area (Å²) < 4.78 is 32.5. The maximum atomic E-state index is 12.2. The third-order valence-corrected chi connectivity index (χ3v) is 7.21. The van der Waals surface area contributed by atoms with E-state index in [1.807, 2.05) is 74.9 Å². The molecule has 0 spiro atoms. The molecule has 5 aromatic rings. The number of aryl methyl sites for hydroxylation is 4. The third-order valence-electron chi connectivity index (χ3n) is 6.10. The van der Waals surface area contributed by atoms with Crippen LogP contribution in [-0.2, 0) is 9.84 Å². The van der Waals surface area contributed by atoms with Gasteiger partial charge in [-0.15, -0.1) is 0 Å². The fraction of sp³-hybridized carbons (Fsp3) is 0.179. The molecule has 0 saturated heterocycles. The molecule has 182 valence electrons. The molecule has 0 aliphatic heterocycles. The lowest BCUT2D eigenvalue weighted by atomic mass is 9.97. The molecule has 3 heterocycles. The molecule has 0 amide bonds. The summed E-state index contributed by atoms with van der Waals surface area (Å²) in [5, 5.41) is 0. The molecule has 0 unspecified atom stereocenters. The first-order chi connectivity index (χ1) is 17.1. The monoisotopic (exact) mass is 498 g/mol. The fourth-order valence-corrected chi connectivity index (χ4v) is 5.07. The zero-order valence-corrected chi connectivity index (χ0v) is 21.6. The molecule has 0 aliphatic rings. The molecule has 0 fully saturated rings. The van der Waals surface area contributed by atoms with Crippen LogP contribution in [0.2, 0.25) is 0 Å². The van der Waals surface area contributed by atoms with Gasteiger partial charge in [0.2, 0.25) is 0 Å². The van der Waals surface area contributed by atoms with Crippen molar-refractivity contribution < 1.29 is 12.8 Å². The lowest BCUT2D eigenvalue weighted by Crippen LogP contribution is -2.00. The van der Waals surface area contributed by atoms with Gasteiger partial charge in [0.25, 0.3) is 0 Å². The molecular weight excluding hydrogens is 472 g/mol. The normalized spacial score (nSPS) is 11.7. The Labute approximate surface area is 210 Å². The summed E-state index contributed by atoms with van der Waals surface area (Å²) in [6, 6.07) is 16.8. The Morgan fingerprint density at radius 1 is 0.861 bits per heavy atom. The minimum Gasteiger partial charge on any atom is -0.440 e. The van der Waals surface area contributed by atoms with Crippen LogP contribution in [0.25, 0.3) is 39.4 Å². The zero-order chi connectivity index (χ0) is 25.6. The third kappa shape index (κ3) is 4.35. The minimum absolute atomic E-state index is 0.274. The van der Waals surface area contributed by atoms with Crippen molar-refractivity contribution in [3.05, 3.63) is 90.1 Å². The van der Waals surface area contributed by atoms with E-state index in [1.54, 1.807) is 24.4 Å². The van der Waals surface area contributed by atoms with E-state index in [9.17, 15) is 8.42 Å². The van der Waals surface area contributed by atoms with Crippen LogP contribution >= 0.6 is 0 Å². The highest BCUT2D eigenvalue weighted by molar-refractivity contribution is 7.90. The average molecular weight is 499 g/mol. The van der Waals surface area contributed by atoms with Crippen LogP contribution in [0.3, 0.4) is 0 Å². The molecule has 8 heteroatoms. The Morgan fingerprint density at radius 3 is 2.33 bits per heavy atom. The van der Waals surface area contributed by atoms with Crippen LogP contribution in [0.4, 0.5) is 0 Å². The first-order valence-electron chi connectivity index (χ1n) is 11.5. The summed E-state index contributed by atoms with van der Waals surface area (Å²) in [6.45, 7) is 7.68. The van der Waals surface area contributed by atoms with Gasteiger partial charge in [-0.2, -0.15) is 0 Å². The van der Waals surface area contributed by atoms with Crippen LogP contribution in [0.1, 0.15) is 23.1 Å². The number of nitrogens with zero attached hydrogens (tertiary/aromatic N) is 4. The second kappa shape index (κ2) is 8.87. The first-order valence-corrected chi connectivity index (χ1v) is 13.4. The van der Waals surface area contributed by atoms with Crippen molar-refractivity contribution in [2.24, 2.45) is 0 Å². The molecule has 0 aliphatic carbocycles. The molecule has 0 saturated carbocycles. The van der Waals surface area contributed by atoms with Crippen molar-refractivity contribution in [2.75, 3.05) is 6.26 Å². The van der Waals surface area contributed by atoms with E-state index in [0.29, 0.717) is 17.3 Å². The number of pyridine rings is 1. The van der Waals surface area contributed by atoms with Crippen molar-refractivity contribution in [1.82, 2.24) is 19.5 Å². The highest BCUT2D eigenvalue weighted by atomic mass is 32.2. The van der Waals surface area contributed by atoms with Gasteiger partial charge in [0.1, 0.15) is 11.5 Å². The molecule has 0 radical (unpaired) electrons. The van der Waals surface area contributed by atoms with Gasteiger partial charge in [0.05, 0.1) is 16.3 Å². The second-order valence-electron chi connectivity index (χ2n) is 8.88. The van der Waals surface area contributed by atoms with Crippen LogP contribution in [0.15, 0.2) is 76.3 Å². The van der Waals surface area contributed by atoms with E-state index >= 15 is 0 Å².